The first-order valence-corrected chi connectivity index (χ1v) is 13.9. The number of nitrogens with two attached hydrogens (primary N) is 1. The predicted molar refractivity (Wildman–Crippen MR) is 137 cm³/mol. The summed E-state index contributed by atoms with van der Waals surface area (Å²) in [5.41, 5.74) is 8.94. The molecule has 0 spiro atoms. The fourth-order valence-corrected chi connectivity index (χ4v) is 5.35. The lowest BCUT2D eigenvalue weighted by Gasteiger charge is -2.38. The standard InChI is InChI=1S/C24H31ClN6O2S/c1-34(32,33)17-20-4-2-19(3-5-20)16-31(13-10-18-6-8-21(25)9-7-18)22-11-14-30(15-12-22)24-27-23(26)28-29-24/h2-9,22H,10-17H2,1H3,(H3,26,27,28,29). The molecule has 1 fully saturated rings. The third kappa shape index (κ3) is 6.94. The van der Waals surface area contributed by atoms with Gasteiger partial charge in [0.2, 0.25) is 11.9 Å². The van der Waals surface area contributed by atoms with Crippen LogP contribution < -0.4 is 10.6 Å². The maximum atomic E-state index is 11.6. The van der Waals surface area contributed by atoms with Crippen LogP contribution in [0.25, 0.3) is 0 Å². The molecule has 1 aliphatic heterocycles. The van der Waals surface area contributed by atoms with Gasteiger partial charge in [-0.2, -0.15) is 4.98 Å². The van der Waals surface area contributed by atoms with Crippen molar-refractivity contribution in [2.24, 2.45) is 0 Å². The SMILES string of the molecule is CS(=O)(=O)Cc1ccc(CN(CCc2ccc(Cl)cc2)C2CCN(c3n[nH]c(N)n3)CC2)cc1. The van der Waals surface area contributed by atoms with Crippen molar-refractivity contribution in [3.8, 4) is 0 Å². The number of benzene rings is 2. The summed E-state index contributed by atoms with van der Waals surface area (Å²) in [6, 6.07) is 16.4. The number of hydrogen-bond donors (Lipinski definition) is 2. The Morgan fingerprint density at radius 3 is 2.26 bits per heavy atom. The molecule has 0 saturated carbocycles. The van der Waals surface area contributed by atoms with E-state index in [2.05, 4.69) is 37.1 Å². The molecule has 4 rings (SSSR count). The topological polar surface area (TPSA) is 108 Å². The number of aromatic amines is 1. The number of H-pyrrole nitrogens is 1. The van der Waals surface area contributed by atoms with Crippen LogP contribution in [0.1, 0.15) is 29.5 Å². The van der Waals surface area contributed by atoms with Crippen molar-refractivity contribution in [1.82, 2.24) is 20.1 Å². The van der Waals surface area contributed by atoms with Crippen LogP contribution in [0.4, 0.5) is 11.9 Å². The van der Waals surface area contributed by atoms with Gasteiger partial charge in [0.25, 0.3) is 0 Å². The Bertz CT molecular complexity index is 1170. The second kappa shape index (κ2) is 10.8. The third-order valence-corrected chi connectivity index (χ3v) is 7.30. The fraction of sp³-hybridized carbons (Fsp3) is 0.417. The van der Waals surface area contributed by atoms with E-state index in [0.29, 0.717) is 17.9 Å². The zero-order chi connectivity index (χ0) is 24.1. The van der Waals surface area contributed by atoms with E-state index in [0.717, 1.165) is 56.0 Å². The molecule has 3 aromatic rings. The lowest BCUT2D eigenvalue weighted by Crippen LogP contribution is -2.45. The molecular weight excluding hydrogens is 472 g/mol. The molecule has 1 aliphatic rings. The van der Waals surface area contributed by atoms with E-state index in [-0.39, 0.29) is 5.75 Å². The van der Waals surface area contributed by atoms with E-state index in [9.17, 15) is 8.42 Å². The van der Waals surface area contributed by atoms with Crippen molar-refractivity contribution in [3.63, 3.8) is 0 Å². The molecule has 0 radical (unpaired) electrons. The van der Waals surface area contributed by atoms with E-state index >= 15 is 0 Å². The van der Waals surface area contributed by atoms with Gasteiger partial charge in [0.15, 0.2) is 9.84 Å². The molecule has 0 atom stereocenters. The summed E-state index contributed by atoms with van der Waals surface area (Å²) in [6.07, 6.45) is 4.20. The molecule has 0 amide bonds. The van der Waals surface area contributed by atoms with Crippen molar-refractivity contribution in [3.05, 3.63) is 70.2 Å². The number of anilines is 2. The Kier molecular flexibility index (Phi) is 7.75. The number of nitrogens with one attached hydrogen (secondary N) is 1. The van der Waals surface area contributed by atoms with E-state index in [1.165, 1.54) is 17.4 Å². The fourth-order valence-electron chi connectivity index (χ4n) is 4.43. The summed E-state index contributed by atoms with van der Waals surface area (Å²) in [7, 11) is -3.04. The highest BCUT2D eigenvalue weighted by Gasteiger charge is 2.26. The van der Waals surface area contributed by atoms with Gasteiger partial charge in [0, 0.05) is 43.5 Å². The number of nitrogen functional groups attached to an aromatic ring is 1. The van der Waals surface area contributed by atoms with Crippen LogP contribution in [-0.4, -0.2) is 60.4 Å². The summed E-state index contributed by atoms with van der Waals surface area (Å²) >= 11 is 6.05. The molecule has 2 aromatic carbocycles. The van der Waals surface area contributed by atoms with Crippen molar-refractivity contribution in [2.45, 2.75) is 37.6 Å². The smallest absolute Gasteiger partial charge is 0.246 e. The Balaban J connectivity index is 1.43. The number of sulfone groups is 1. The van der Waals surface area contributed by atoms with Gasteiger partial charge in [0.05, 0.1) is 5.75 Å². The molecule has 10 heteroatoms. The van der Waals surface area contributed by atoms with Gasteiger partial charge in [0.1, 0.15) is 0 Å². The highest BCUT2D eigenvalue weighted by Crippen LogP contribution is 2.23. The molecular formula is C24H31ClN6O2S. The minimum atomic E-state index is -3.04. The summed E-state index contributed by atoms with van der Waals surface area (Å²) in [6.45, 7) is 3.47. The lowest BCUT2D eigenvalue weighted by atomic mass is 10.0. The van der Waals surface area contributed by atoms with Crippen LogP contribution in [0.15, 0.2) is 48.5 Å². The van der Waals surface area contributed by atoms with Gasteiger partial charge in [-0.15, -0.1) is 5.10 Å². The quantitative estimate of drug-likeness (QED) is 0.462. The molecule has 1 saturated heterocycles. The van der Waals surface area contributed by atoms with Crippen LogP contribution in [0.2, 0.25) is 5.02 Å². The maximum absolute atomic E-state index is 11.6. The minimum absolute atomic E-state index is 0.0672. The van der Waals surface area contributed by atoms with Crippen LogP contribution >= 0.6 is 11.6 Å². The average molecular weight is 503 g/mol. The predicted octanol–water partition coefficient (Wildman–Crippen LogP) is 3.30. The molecule has 0 bridgehead atoms. The first kappa shape index (κ1) is 24.5. The van der Waals surface area contributed by atoms with Gasteiger partial charge in [-0.3, -0.25) is 4.90 Å². The number of nitrogens with zero attached hydrogens (tertiary/aromatic N) is 4. The third-order valence-electron chi connectivity index (χ3n) is 6.19. The Hall–Kier alpha value is -2.62. The van der Waals surface area contributed by atoms with Gasteiger partial charge in [-0.1, -0.05) is 48.0 Å². The number of piperidine rings is 1. The van der Waals surface area contributed by atoms with Crippen LogP contribution in [0, 0.1) is 0 Å². The maximum Gasteiger partial charge on any atom is 0.246 e. The van der Waals surface area contributed by atoms with E-state index in [1.54, 1.807) is 0 Å². The summed E-state index contributed by atoms with van der Waals surface area (Å²) in [4.78, 5) is 8.96. The molecule has 182 valence electrons. The van der Waals surface area contributed by atoms with Crippen molar-refractivity contribution >= 4 is 33.3 Å². The Morgan fingerprint density at radius 2 is 1.68 bits per heavy atom. The molecule has 0 aliphatic carbocycles. The zero-order valence-corrected chi connectivity index (χ0v) is 20.9. The highest BCUT2D eigenvalue weighted by molar-refractivity contribution is 7.89. The van der Waals surface area contributed by atoms with Crippen LogP contribution in [0.3, 0.4) is 0 Å². The van der Waals surface area contributed by atoms with Crippen molar-refractivity contribution < 1.29 is 8.42 Å². The second-order valence-corrected chi connectivity index (χ2v) is 11.5. The van der Waals surface area contributed by atoms with Crippen molar-refractivity contribution in [2.75, 3.05) is 36.5 Å². The Labute approximate surface area is 206 Å². The highest BCUT2D eigenvalue weighted by atomic mass is 35.5. The molecule has 3 N–H and O–H groups in total. The largest absolute Gasteiger partial charge is 0.368 e. The molecule has 2 heterocycles. The number of rotatable bonds is 9. The second-order valence-electron chi connectivity index (χ2n) is 8.97. The van der Waals surface area contributed by atoms with E-state index < -0.39 is 9.84 Å². The van der Waals surface area contributed by atoms with Crippen LogP contribution in [0.5, 0.6) is 0 Å². The molecule has 8 nitrogen and oxygen atoms in total. The average Bonchev–Trinajstić information content (AvgIpc) is 3.24. The normalized spacial score (nSPS) is 15.2. The zero-order valence-electron chi connectivity index (χ0n) is 19.3. The summed E-state index contributed by atoms with van der Waals surface area (Å²) in [5.74, 6) is 1.06. The van der Waals surface area contributed by atoms with Gasteiger partial charge in [-0.25, -0.2) is 13.5 Å². The Morgan fingerprint density at radius 1 is 1.06 bits per heavy atom. The van der Waals surface area contributed by atoms with Gasteiger partial charge < -0.3 is 10.6 Å². The van der Waals surface area contributed by atoms with E-state index in [1.807, 2.05) is 36.4 Å². The minimum Gasteiger partial charge on any atom is -0.368 e. The summed E-state index contributed by atoms with van der Waals surface area (Å²) < 4.78 is 23.2. The van der Waals surface area contributed by atoms with E-state index in [4.69, 9.17) is 17.3 Å². The van der Waals surface area contributed by atoms with Crippen molar-refractivity contribution in [1.29, 1.82) is 0 Å². The first-order valence-electron chi connectivity index (χ1n) is 11.4. The number of hydrogen-bond acceptors (Lipinski definition) is 7. The lowest BCUT2D eigenvalue weighted by molar-refractivity contribution is 0.162. The van der Waals surface area contributed by atoms with Crippen LogP contribution in [-0.2, 0) is 28.6 Å². The monoisotopic (exact) mass is 502 g/mol. The molecule has 34 heavy (non-hydrogen) atoms. The first-order chi connectivity index (χ1) is 16.2. The number of halogens is 1. The molecule has 1 aromatic heterocycles. The molecule has 0 unspecified atom stereocenters. The summed E-state index contributed by atoms with van der Waals surface area (Å²) in [5, 5.41) is 7.65. The van der Waals surface area contributed by atoms with Gasteiger partial charge in [-0.05, 0) is 48.1 Å². The van der Waals surface area contributed by atoms with Gasteiger partial charge >= 0.3 is 0 Å². The number of aromatic nitrogens is 3.